The maximum absolute atomic E-state index is 14.1. The van der Waals surface area contributed by atoms with Gasteiger partial charge in [0.1, 0.15) is 5.82 Å². The largest absolute Gasteiger partial charge is 0.372 e. The lowest BCUT2D eigenvalue weighted by molar-refractivity contribution is 0.573. The number of rotatable bonds is 4. The van der Waals surface area contributed by atoms with E-state index in [1.54, 1.807) is 12.1 Å². The summed E-state index contributed by atoms with van der Waals surface area (Å²) in [6, 6.07) is 15.8. The topological polar surface area (TPSA) is 38.1 Å². The monoisotopic (exact) mass is 397 g/mol. The maximum atomic E-state index is 14.1. The second-order valence-electron chi connectivity index (χ2n) is 7.01. The Hall–Kier alpha value is -2.66. The van der Waals surface area contributed by atoms with Gasteiger partial charge in [-0.15, -0.1) is 0 Å². The van der Waals surface area contributed by atoms with E-state index in [0.717, 1.165) is 18.7 Å². The van der Waals surface area contributed by atoms with Gasteiger partial charge in [-0.2, -0.15) is 5.10 Å². The van der Waals surface area contributed by atoms with Crippen molar-refractivity contribution in [2.24, 2.45) is 0 Å². The summed E-state index contributed by atoms with van der Waals surface area (Å²) in [7, 11) is 0. The van der Waals surface area contributed by atoms with Crippen LogP contribution in [0.15, 0.2) is 59.4 Å². The quantitative estimate of drug-likeness (QED) is 0.638. The SMILES string of the molecule is O=c1ccc(-c2ccc(N3CCCCC3)cc2)nn1Cc1c(F)cccc1Cl. The lowest BCUT2D eigenvalue weighted by Gasteiger charge is -2.28. The molecule has 28 heavy (non-hydrogen) atoms. The summed E-state index contributed by atoms with van der Waals surface area (Å²) < 4.78 is 15.3. The first-order chi connectivity index (χ1) is 13.6. The molecule has 0 atom stereocenters. The molecule has 0 spiro atoms. The standard InChI is InChI=1S/C22H21ClFN3O/c23-19-5-4-6-20(24)18(19)15-27-22(28)12-11-21(25-27)16-7-9-17(10-8-16)26-13-2-1-3-14-26/h4-12H,1-3,13-15H2. The molecule has 0 aliphatic carbocycles. The van der Waals surface area contributed by atoms with Crippen molar-refractivity contribution in [2.75, 3.05) is 18.0 Å². The van der Waals surface area contributed by atoms with E-state index < -0.39 is 5.82 Å². The van der Waals surface area contributed by atoms with Crippen LogP contribution in [0.4, 0.5) is 10.1 Å². The van der Waals surface area contributed by atoms with Gasteiger partial charge in [0.15, 0.2) is 0 Å². The third-order valence-corrected chi connectivity index (χ3v) is 5.47. The Morgan fingerprint density at radius 3 is 2.43 bits per heavy atom. The van der Waals surface area contributed by atoms with Gasteiger partial charge in [-0.05, 0) is 49.6 Å². The van der Waals surface area contributed by atoms with Crippen molar-refractivity contribution in [1.82, 2.24) is 9.78 Å². The van der Waals surface area contributed by atoms with Crippen molar-refractivity contribution in [3.05, 3.63) is 81.4 Å². The molecule has 0 N–H and O–H groups in total. The highest BCUT2D eigenvalue weighted by atomic mass is 35.5. The van der Waals surface area contributed by atoms with E-state index in [4.69, 9.17) is 11.6 Å². The molecule has 4 nitrogen and oxygen atoms in total. The van der Waals surface area contributed by atoms with Crippen LogP contribution < -0.4 is 10.5 Å². The molecule has 2 heterocycles. The highest BCUT2D eigenvalue weighted by molar-refractivity contribution is 6.31. The second kappa shape index (κ2) is 8.15. The molecule has 1 fully saturated rings. The average molecular weight is 398 g/mol. The minimum Gasteiger partial charge on any atom is -0.372 e. The fourth-order valence-corrected chi connectivity index (χ4v) is 3.77. The lowest BCUT2D eigenvalue weighted by atomic mass is 10.1. The third kappa shape index (κ3) is 3.94. The van der Waals surface area contributed by atoms with Crippen molar-refractivity contribution in [1.29, 1.82) is 0 Å². The van der Waals surface area contributed by atoms with E-state index >= 15 is 0 Å². The van der Waals surface area contributed by atoms with Gasteiger partial charge in [-0.25, -0.2) is 9.07 Å². The molecule has 6 heteroatoms. The molecule has 1 aliphatic rings. The van der Waals surface area contributed by atoms with Gasteiger partial charge in [0.05, 0.1) is 12.2 Å². The van der Waals surface area contributed by atoms with Crippen LogP contribution >= 0.6 is 11.6 Å². The summed E-state index contributed by atoms with van der Waals surface area (Å²) in [6.45, 7) is 2.17. The predicted molar refractivity (Wildman–Crippen MR) is 111 cm³/mol. The van der Waals surface area contributed by atoms with Gasteiger partial charge in [0.25, 0.3) is 5.56 Å². The summed E-state index contributed by atoms with van der Waals surface area (Å²) in [5.74, 6) is -0.447. The number of halogens is 2. The molecule has 0 radical (unpaired) electrons. The van der Waals surface area contributed by atoms with Gasteiger partial charge in [-0.1, -0.05) is 29.8 Å². The zero-order valence-electron chi connectivity index (χ0n) is 15.4. The summed E-state index contributed by atoms with van der Waals surface area (Å²) in [5, 5.41) is 4.71. The Kier molecular flexibility index (Phi) is 5.44. The van der Waals surface area contributed by atoms with Gasteiger partial charge in [0, 0.05) is 41.0 Å². The molecule has 1 aliphatic heterocycles. The number of anilines is 1. The summed E-state index contributed by atoms with van der Waals surface area (Å²) >= 11 is 6.09. The van der Waals surface area contributed by atoms with Gasteiger partial charge in [0.2, 0.25) is 0 Å². The Morgan fingerprint density at radius 2 is 1.71 bits per heavy atom. The molecule has 2 aromatic carbocycles. The van der Waals surface area contributed by atoms with Crippen LogP contribution in [0.25, 0.3) is 11.3 Å². The Bertz CT molecular complexity index is 1010. The Morgan fingerprint density at radius 1 is 0.964 bits per heavy atom. The first-order valence-corrected chi connectivity index (χ1v) is 9.86. The zero-order valence-corrected chi connectivity index (χ0v) is 16.2. The van der Waals surface area contributed by atoms with Crippen molar-refractivity contribution in [3.8, 4) is 11.3 Å². The number of aromatic nitrogens is 2. The molecule has 3 aromatic rings. The molecular weight excluding hydrogens is 377 g/mol. The van der Waals surface area contributed by atoms with Crippen LogP contribution in [0, 0.1) is 5.82 Å². The fourth-order valence-electron chi connectivity index (χ4n) is 3.54. The van der Waals surface area contributed by atoms with Crippen LogP contribution in [0.1, 0.15) is 24.8 Å². The molecule has 0 amide bonds. The van der Waals surface area contributed by atoms with E-state index in [0.29, 0.717) is 5.69 Å². The molecule has 1 saturated heterocycles. The average Bonchev–Trinajstić information content (AvgIpc) is 2.73. The minimum atomic E-state index is -0.447. The van der Waals surface area contributed by atoms with E-state index in [-0.39, 0.29) is 22.7 Å². The van der Waals surface area contributed by atoms with E-state index in [9.17, 15) is 9.18 Å². The first kappa shape index (κ1) is 18.7. The fraction of sp³-hybridized carbons (Fsp3) is 0.273. The van der Waals surface area contributed by atoms with E-state index in [1.165, 1.54) is 47.8 Å². The van der Waals surface area contributed by atoms with Gasteiger partial charge >= 0.3 is 0 Å². The number of hydrogen-bond acceptors (Lipinski definition) is 3. The molecule has 4 rings (SSSR count). The summed E-state index contributed by atoms with van der Waals surface area (Å²) in [4.78, 5) is 14.6. The van der Waals surface area contributed by atoms with Crippen LogP contribution in [-0.2, 0) is 6.54 Å². The molecule has 0 bridgehead atoms. The van der Waals surface area contributed by atoms with Crippen molar-refractivity contribution in [3.63, 3.8) is 0 Å². The number of benzene rings is 2. The number of piperidine rings is 1. The highest BCUT2D eigenvalue weighted by Crippen LogP contribution is 2.24. The first-order valence-electron chi connectivity index (χ1n) is 9.48. The summed E-state index contributed by atoms with van der Waals surface area (Å²) in [5.41, 5.74) is 2.74. The van der Waals surface area contributed by atoms with Gasteiger partial charge in [-0.3, -0.25) is 4.79 Å². The Labute approximate surface area is 168 Å². The van der Waals surface area contributed by atoms with Crippen LogP contribution in [0.5, 0.6) is 0 Å². The summed E-state index contributed by atoms with van der Waals surface area (Å²) in [6.07, 6.45) is 3.76. The molecule has 1 aromatic heterocycles. The zero-order chi connectivity index (χ0) is 19.5. The number of hydrogen-bond donors (Lipinski definition) is 0. The highest BCUT2D eigenvalue weighted by Gasteiger charge is 2.13. The lowest BCUT2D eigenvalue weighted by Crippen LogP contribution is -2.29. The van der Waals surface area contributed by atoms with Crippen molar-refractivity contribution >= 4 is 17.3 Å². The molecular formula is C22H21ClFN3O. The number of nitrogens with zero attached hydrogens (tertiary/aromatic N) is 3. The van der Waals surface area contributed by atoms with E-state index in [2.05, 4.69) is 22.1 Å². The van der Waals surface area contributed by atoms with E-state index in [1.807, 2.05) is 12.1 Å². The van der Waals surface area contributed by atoms with Crippen molar-refractivity contribution < 1.29 is 4.39 Å². The smallest absolute Gasteiger partial charge is 0.267 e. The van der Waals surface area contributed by atoms with Gasteiger partial charge < -0.3 is 4.90 Å². The van der Waals surface area contributed by atoms with Crippen LogP contribution in [-0.4, -0.2) is 22.9 Å². The van der Waals surface area contributed by atoms with Crippen molar-refractivity contribution in [2.45, 2.75) is 25.8 Å². The normalized spacial score (nSPS) is 14.3. The third-order valence-electron chi connectivity index (χ3n) is 5.12. The molecule has 144 valence electrons. The Balaban J connectivity index is 1.61. The van der Waals surface area contributed by atoms with Crippen LogP contribution in [0.3, 0.4) is 0 Å². The maximum Gasteiger partial charge on any atom is 0.267 e. The molecule has 0 saturated carbocycles. The second-order valence-corrected chi connectivity index (χ2v) is 7.42. The molecule has 0 unspecified atom stereocenters. The van der Waals surface area contributed by atoms with Crippen LogP contribution in [0.2, 0.25) is 5.02 Å². The minimum absolute atomic E-state index is 0.00988. The predicted octanol–water partition coefficient (Wildman–Crippen LogP) is 4.74.